The normalized spacial score (nSPS) is 10.8. The van der Waals surface area contributed by atoms with E-state index in [1.807, 2.05) is 25.4 Å². The van der Waals surface area contributed by atoms with Gasteiger partial charge in [-0.25, -0.2) is 9.37 Å². The number of nitrogens with zero attached hydrogens (tertiary/aromatic N) is 3. The molecule has 6 heteroatoms. The molecular formula is C20H25ClFN3O. The predicted molar refractivity (Wildman–Crippen MR) is 107 cm³/mol. The highest BCUT2D eigenvalue weighted by Gasteiger charge is 2.17. The van der Waals surface area contributed by atoms with Gasteiger partial charge in [0.25, 0.3) is 0 Å². The molecule has 0 spiro atoms. The molecule has 2 heterocycles. The van der Waals surface area contributed by atoms with E-state index in [-0.39, 0.29) is 18.2 Å². The van der Waals surface area contributed by atoms with Crippen molar-refractivity contribution in [2.75, 3.05) is 25.7 Å². The lowest BCUT2D eigenvalue weighted by Gasteiger charge is -2.21. The Bertz CT molecular complexity index is 877. The second kappa shape index (κ2) is 8.52. The van der Waals surface area contributed by atoms with Crippen LogP contribution in [0.4, 0.5) is 10.2 Å². The Balaban J connectivity index is 0.00000243. The van der Waals surface area contributed by atoms with Crippen molar-refractivity contribution >= 4 is 29.1 Å². The number of rotatable bonds is 6. The summed E-state index contributed by atoms with van der Waals surface area (Å²) in [5.74, 6) is 0.709. The Morgan fingerprint density at radius 3 is 2.50 bits per heavy atom. The average Bonchev–Trinajstić information content (AvgIpc) is 2.86. The first-order valence-electron chi connectivity index (χ1n) is 8.42. The summed E-state index contributed by atoms with van der Waals surface area (Å²) >= 11 is 0. The van der Waals surface area contributed by atoms with E-state index in [0.29, 0.717) is 13.2 Å². The number of pyridine rings is 1. The lowest BCUT2D eigenvalue weighted by Crippen LogP contribution is -2.19. The summed E-state index contributed by atoms with van der Waals surface area (Å²) in [5.41, 5.74) is 4.67. The number of ether oxygens (including phenoxy) is 1. The zero-order chi connectivity index (χ0) is 18.0. The Hall–Kier alpha value is -2.11. The summed E-state index contributed by atoms with van der Waals surface area (Å²) < 4.78 is 20.7. The van der Waals surface area contributed by atoms with Crippen molar-refractivity contribution in [3.63, 3.8) is 0 Å². The second-order valence-corrected chi connectivity index (χ2v) is 6.37. The van der Waals surface area contributed by atoms with E-state index in [4.69, 9.17) is 4.74 Å². The third kappa shape index (κ3) is 3.84. The third-order valence-electron chi connectivity index (χ3n) is 4.74. The average molecular weight is 378 g/mol. The largest absolute Gasteiger partial charge is 0.383 e. The van der Waals surface area contributed by atoms with Gasteiger partial charge in [-0.2, -0.15) is 0 Å². The van der Waals surface area contributed by atoms with E-state index < -0.39 is 0 Å². The van der Waals surface area contributed by atoms with Crippen LogP contribution in [0.15, 0.2) is 36.5 Å². The summed E-state index contributed by atoms with van der Waals surface area (Å²) in [4.78, 5) is 6.74. The number of fused-ring (bicyclic) bond motifs is 1. The maximum atomic E-state index is 13.1. The number of hydrogen-bond acceptors (Lipinski definition) is 3. The van der Waals surface area contributed by atoms with Crippen molar-refractivity contribution in [1.29, 1.82) is 0 Å². The molecule has 0 amide bonds. The minimum Gasteiger partial charge on any atom is -0.383 e. The zero-order valence-corrected chi connectivity index (χ0v) is 16.4. The third-order valence-corrected chi connectivity index (χ3v) is 4.74. The van der Waals surface area contributed by atoms with E-state index in [2.05, 4.69) is 34.4 Å². The molecule has 0 fully saturated rings. The lowest BCUT2D eigenvalue weighted by molar-refractivity contribution is 0.188. The molecule has 1 aromatic carbocycles. The van der Waals surface area contributed by atoms with Gasteiger partial charge in [0.1, 0.15) is 5.82 Å². The minimum absolute atomic E-state index is 0. The van der Waals surface area contributed by atoms with Crippen LogP contribution in [0.2, 0.25) is 0 Å². The molecule has 26 heavy (non-hydrogen) atoms. The fraction of sp³-hybridized carbons (Fsp3) is 0.350. The molecule has 0 N–H and O–H groups in total. The standard InChI is InChI=1S/C20H24FN3O.ClH/c1-14-15(2)24(11-12-25-4)19-18(14)9-10-22-20(19)23(3)13-16-5-7-17(21)8-6-16;/h5-10H,11-13H2,1-4H3;1H. The monoisotopic (exact) mass is 377 g/mol. The van der Waals surface area contributed by atoms with Gasteiger partial charge in [-0.05, 0) is 43.2 Å². The molecule has 0 aliphatic rings. The first-order valence-corrected chi connectivity index (χ1v) is 8.42. The number of benzene rings is 1. The Morgan fingerprint density at radius 2 is 1.85 bits per heavy atom. The molecule has 3 aromatic rings. The van der Waals surface area contributed by atoms with Crippen LogP contribution in [0.25, 0.3) is 10.9 Å². The Kier molecular flexibility index (Phi) is 6.62. The molecule has 0 unspecified atom stereocenters. The van der Waals surface area contributed by atoms with Gasteiger partial charge >= 0.3 is 0 Å². The molecule has 0 aliphatic heterocycles. The fourth-order valence-electron chi connectivity index (χ4n) is 3.26. The van der Waals surface area contributed by atoms with Gasteiger partial charge in [-0.1, -0.05) is 12.1 Å². The summed E-state index contributed by atoms with van der Waals surface area (Å²) in [6, 6.07) is 8.68. The molecule has 140 valence electrons. The van der Waals surface area contributed by atoms with E-state index in [1.54, 1.807) is 7.11 Å². The van der Waals surface area contributed by atoms with Crippen LogP contribution in [0.3, 0.4) is 0 Å². The lowest BCUT2D eigenvalue weighted by atomic mass is 10.2. The van der Waals surface area contributed by atoms with E-state index >= 15 is 0 Å². The van der Waals surface area contributed by atoms with Crippen LogP contribution < -0.4 is 4.90 Å². The molecule has 0 aliphatic carbocycles. The van der Waals surface area contributed by atoms with Crippen molar-refractivity contribution in [3.8, 4) is 0 Å². The molecule has 0 atom stereocenters. The number of halogens is 2. The molecular weight excluding hydrogens is 353 g/mol. The van der Waals surface area contributed by atoms with Crippen LogP contribution in [0.5, 0.6) is 0 Å². The van der Waals surface area contributed by atoms with E-state index in [0.717, 1.165) is 23.4 Å². The molecule has 0 saturated heterocycles. The summed E-state index contributed by atoms with van der Waals surface area (Å²) in [5, 5.41) is 1.21. The van der Waals surface area contributed by atoms with Crippen molar-refractivity contribution in [1.82, 2.24) is 9.55 Å². The number of anilines is 1. The highest BCUT2D eigenvalue weighted by atomic mass is 35.5. The van der Waals surface area contributed by atoms with Crippen LogP contribution in [0, 0.1) is 19.7 Å². The van der Waals surface area contributed by atoms with E-state index in [9.17, 15) is 4.39 Å². The molecule has 4 nitrogen and oxygen atoms in total. The van der Waals surface area contributed by atoms with Crippen molar-refractivity contribution in [3.05, 3.63) is 59.2 Å². The van der Waals surface area contributed by atoms with E-state index in [1.165, 1.54) is 28.8 Å². The smallest absolute Gasteiger partial charge is 0.153 e. The van der Waals surface area contributed by atoms with Gasteiger partial charge in [0.05, 0.1) is 12.1 Å². The highest BCUT2D eigenvalue weighted by molar-refractivity contribution is 5.93. The van der Waals surface area contributed by atoms with Crippen LogP contribution in [0.1, 0.15) is 16.8 Å². The number of methoxy groups -OCH3 is 1. The van der Waals surface area contributed by atoms with Gasteiger partial charge in [0, 0.05) is 44.5 Å². The SMILES string of the molecule is COCCn1c(C)c(C)c2ccnc(N(C)Cc3ccc(F)cc3)c21.Cl. The van der Waals surface area contributed by atoms with Gasteiger partial charge in [-0.15, -0.1) is 12.4 Å². The van der Waals surface area contributed by atoms with Crippen LogP contribution >= 0.6 is 12.4 Å². The van der Waals surface area contributed by atoms with Crippen LogP contribution in [-0.2, 0) is 17.8 Å². The zero-order valence-electron chi connectivity index (χ0n) is 15.6. The Morgan fingerprint density at radius 1 is 1.15 bits per heavy atom. The number of aryl methyl sites for hydroxylation is 1. The highest BCUT2D eigenvalue weighted by Crippen LogP contribution is 2.31. The second-order valence-electron chi connectivity index (χ2n) is 6.37. The van der Waals surface area contributed by atoms with Crippen molar-refractivity contribution < 1.29 is 9.13 Å². The van der Waals surface area contributed by atoms with Crippen molar-refractivity contribution in [2.24, 2.45) is 0 Å². The van der Waals surface area contributed by atoms with Gasteiger partial charge in [0.2, 0.25) is 0 Å². The van der Waals surface area contributed by atoms with Gasteiger partial charge in [0.15, 0.2) is 5.82 Å². The molecule has 3 rings (SSSR count). The van der Waals surface area contributed by atoms with Gasteiger partial charge in [-0.3, -0.25) is 0 Å². The topological polar surface area (TPSA) is 30.3 Å². The fourth-order valence-corrected chi connectivity index (χ4v) is 3.26. The number of hydrogen-bond donors (Lipinski definition) is 0. The summed E-state index contributed by atoms with van der Waals surface area (Å²) in [6.45, 7) is 6.38. The first-order chi connectivity index (χ1) is 12.0. The summed E-state index contributed by atoms with van der Waals surface area (Å²) in [6.07, 6.45) is 1.85. The minimum atomic E-state index is -0.216. The predicted octanol–water partition coefficient (Wildman–Crippen LogP) is 4.50. The number of aromatic nitrogens is 2. The quantitative estimate of drug-likeness (QED) is 0.633. The maximum absolute atomic E-state index is 13.1. The maximum Gasteiger partial charge on any atom is 0.153 e. The molecule has 0 saturated carbocycles. The molecule has 0 bridgehead atoms. The summed E-state index contributed by atoms with van der Waals surface area (Å²) in [7, 11) is 3.73. The molecule has 0 radical (unpaired) electrons. The first kappa shape index (κ1) is 20.2. The van der Waals surface area contributed by atoms with Crippen LogP contribution in [-0.4, -0.2) is 30.3 Å². The van der Waals surface area contributed by atoms with Crippen molar-refractivity contribution in [2.45, 2.75) is 26.9 Å². The Labute approximate surface area is 160 Å². The van der Waals surface area contributed by atoms with Gasteiger partial charge < -0.3 is 14.2 Å². The molecule has 2 aromatic heterocycles.